The molecule has 0 atom stereocenters. The van der Waals surface area contributed by atoms with Crippen LogP contribution in [0.1, 0.15) is 22.8 Å². The lowest BCUT2D eigenvalue weighted by atomic mass is 10.1. The summed E-state index contributed by atoms with van der Waals surface area (Å²) in [5, 5.41) is 2.87. The van der Waals surface area contributed by atoms with E-state index >= 15 is 0 Å². The molecule has 0 aliphatic rings. The van der Waals surface area contributed by atoms with Crippen molar-refractivity contribution in [3.05, 3.63) is 59.7 Å². The monoisotopic (exact) mass is 329 g/mol. The lowest BCUT2D eigenvalue weighted by Crippen LogP contribution is -2.13. The van der Waals surface area contributed by atoms with Gasteiger partial charge in [-0.15, -0.1) is 11.8 Å². The van der Waals surface area contributed by atoms with E-state index in [9.17, 15) is 9.59 Å². The number of carbonyl (C=O) groups is 2. The van der Waals surface area contributed by atoms with Crippen LogP contribution in [-0.2, 0) is 9.53 Å². The first kappa shape index (κ1) is 17.1. The molecule has 120 valence electrons. The number of benzene rings is 2. The van der Waals surface area contributed by atoms with E-state index in [1.807, 2.05) is 49.4 Å². The van der Waals surface area contributed by atoms with Crippen molar-refractivity contribution in [2.24, 2.45) is 0 Å². The van der Waals surface area contributed by atoms with Crippen LogP contribution in [0.5, 0.6) is 0 Å². The standard InChI is InChI=1S/C18H19NO3S/c1-3-22-17(20)12-23-15-10-8-14(9-11-15)19-18(21)16-7-5-4-6-13(16)2/h4-11H,3,12H2,1-2H3,(H,19,21). The number of aryl methyl sites for hydroxylation is 1. The molecule has 0 bridgehead atoms. The number of amides is 1. The summed E-state index contributed by atoms with van der Waals surface area (Å²) in [4.78, 5) is 24.5. The molecule has 2 aromatic carbocycles. The van der Waals surface area contributed by atoms with Crippen molar-refractivity contribution < 1.29 is 14.3 Å². The third kappa shape index (κ3) is 5.14. The Morgan fingerprint density at radius 3 is 2.43 bits per heavy atom. The summed E-state index contributed by atoms with van der Waals surface area (Å²) >= 11 is 1.41. The summed E-state index contributed by atoms with van der Waals surface area (Å²) in [7, 11) is 0. The summed E-state index contributed by atoms with van der Waals surface area (Å²) in [5.74, 6) is -0.0765. The Morgan fingerprint density at radius 2 is 1.78 bits per heavy atom. The predicted octanol–water partition coefficient (Wildman–Crippen LogP) is 3.90. The third-order valence-electron chi connectivity index (χ3n) is 3.16. The van der Waals surface area contributed by atoms with Crippen LogP contribution in [0, 0.1) is 6.92 Å². The first-order valence-corrected chi connectivity index (χ1v) is 8.34. The number of carbonyl (C=O) groups excluding carboxylic acids is 2. The van der Waals surface area contributed by atoms with Gasteiger partial charge < -0.3 is 10.1 Å². The summed E-state index contributed by atoms with van der Waals surface area (Å²) < 4.78 is 4.88. The molecule has 5 heteroatoms. The highest BCUT2D eigenvalue weighted by atomic mass is 32.2. The van der Waals surface area contributed by atoms with E-state index in [1.165, 1.54) is 11.8 Å². The number of hydrogen-bond donors (Lipinski definition) is 1. The number of thioether (sulfide) groups is 1. The minimum absolute atomic E-state index is 0.130. The second-order valence-corrected chi connectivity index (χ2v) is 5.94. The van der Waals surface area contributed by atoms with Gasteiger partial charge >= 0.3 is 5.97 Å². The van der Waals surface area contributed by atoms with Crippen LogP contribution in [-0.4, -0.2) is 24.2 Å². The highest BCUT2D eigenvalue weighted by molar-refractivity contribution is 8.00. The Balaban J connectivity index is 1.93. The number of anilines is 1. The average Bonchev–Trinajstić information content (AvgIpc) is 2.55. The van der Waals surface area contributed by atoms with Crippen LogP contribution < -0.4 is 5.32 Å². The molecule has 0 fully saturated rings. The van der Waals surface area contributed by atoms with E-state index in [1.54, 1.807) is 13.0 Å². The van der Waals surface area contributed by atoms with Gasteiger partial charge in [0.25, 0.3) is 5.91 Å². The number of rotatable bonds is 6. The quantitative estimate of drug-likeness (QED) is 0.645. The molecule has 0 aliphatic heterocycles. The van der Waals surface area contributed by atoms with Crippen molar-refractivity contribution in [3.63, 3.8) is 0 Å². The maximum Gasteiger partial charge on any atom is 0.316 e. The van der Waals surface area contributed by atoms with Crippen molar-refractivity contribution in [2.45, 2.75) is 18.7 Å². The van der Waals surface area contributed by atoms with Crippen molar-refractivity contribution in [2.75, 3.05) is 17.7 Å². The van der Waals surface area contributed by atoms with Crippen LogP contribution in [0.3, 0.4) is 0 Å². The number of esters is 1. The first-order chi connectivity index (χ1) is 11.1. The molecule has 4 nitrogen and oxygen atoms in total. The molecule has 2 aromatic rings. The minimum Gasteiger partial charge on any atom is -0.465 e. The highest BCUT2D eigenvalue weighted by Gasteiger charge is 2.08. The smallest absolute Gasteiger partial charge is 0.316 e. The molecule has 0 saturated carbocycles. The zero-order valence-electron chi connectivity index (χ0n) is 13.2. The lowest BCUT2D eigenvalue weighted by Gasteiger charge is -2.08. The van der Waals surface area contributed by atoms with E-state index in [-0.39, 0.29) is 17.6 Å². The van der Waals surface area contributed by atoms with Crippen molar-refractivity contribution in [1.29, 1.82) is 0 Å². The van der Waals surface area contributed by atoms with Gasteiger partial charge in [0.2, 0.25) is 0 Å². The molecule has 23 heavy (non-hydrogen) atoms. The van der Waals surface area contributed by atoms with Crippen molar-refractivity contribution >= 4 is 29.3 Å². The average molecular weight is 329 g/mol. The Morgan fingerprint density at radius 1 is 1.09 bits per heavy atom. The summed E-state index contributed by atoms with van der Waals surface area (Å²) in [6.07, 6.45) is 0. The topological polar surface area (TPSA) is 55.4 Å². The van der Waals surface area contributed by atoms with Crippen molar-refractivity contribution in [1.82, 2.24) is 0 Å². The van der Waals surface area contributed by atoms with Gasteiger partial charge in [-0.2, -0.15) is 0 Å². The molecule has 0 unspecified atom stereocenters. The number of ether oxygens (including phenoxy) is 1. The molecule has 0 spiro atoms. The van der Waals surface area contributed by atoms with E-state index in [2.05, 4.69) is 5.32 Å². The summed E-state index contributed by atoms with van der Waals surface area (Å²) in [6.45, 7) is 4.09. The fourth-order valence-corrected chi connectivity index (χ4v) is 2.70. The normalized spacial score (nSPS) is 10.2. The Labute approximate surface area is 140 Å². The fourth-order valence-electron chi connectivity index (χ4n) is 2.01. The van der Waals surface area contributed by atoms with E-state index in [0.29, 0.717) is 12.2 Å². The van der Waals surface area contributed by atoms with Gasteiger partial charge in [0.05, 0.1) is 12.4 Å². The van der Waals surface area contributed by atoms with Crippen LogP contribution >= 0.6 is 11.8 Å². The largest absolute Gasteiger partial charge is 0.465 e. The highest BCUT2D eigenvalue weighted by Crippen LogP contribution is 2.21. The zero-order chi connectivity index (χ0) is 16.7. The molecule has 1 amide bonds. The van der Waals surface area contributed by atoms with Gasteiger partial charge in [0, 0.05) is 16.1 Å². The van der Waals surface area contributed by atoms with Crippen molar-refractivity contribution in [3.8, 4) is 0 Å². The predicted molar refractivity (Wildman–Crippen MR) is 92.9 cm³/mol. The third-order valence-corrected chi connectivity index (χ3v) is 4.15. The van der Waals surface area contributed by atoms with Crippen LogP contribution in [0.25, 0.3) is 0 Å². The molecule has 0 aliphatic carbocycles. The van der Waals surface area contributed by atoms with Gasteiger partial charge in [-0.1, -0.05) is 18.2 Å². The molecule has 2 rings (SSSR count). The maximum absolute atomic E-state index is 12.2. The molecule has 0 saturated heterocycles. The van der Waals surface area contributed by atoms with Gasteiger partial charge in [-0.25, -0.2) is 0 Å². The Hall–Kier alpha value is -2.27. The van der Waals surface area contributed by atoms with E-state index in [4.69, 9.17) is 4.74 Å². The van der Waals surface area contributed by atoms with E-state index in [0.717, 1.165) is 16.1 Å². The molecule has 0 aromatic heterocycles. The minimum atomic E-state index is -0.227. The summed E-state index contributed by atoms with van der Waals surface area (Å²) in [6, 6.07) is 14.8. The number of nitrogens with one attached hydrogen (secondary N) is 1. The molecular formula is C18H19NO3S. The van der Waals surface area contributed by atoms with Gasteiger partial charge in [0.1, 0.15) is 0 Å². The molecular weight excluding hydrogens is 310 g/mol. The van der Waals surface area contributed by atoms with Gasteiger partial charge in [-0.3, -0.25) is 9.59 Å². The lowest BCUT2D eigenvalue weighted by molar-refractivity contribution is -0.139. The summed E-state index contributed by atoms with van der Waals surface area (Å²) in [5.41, 5.74) is 2.32. The van der Waals surface area contributed by atoms with Gasteiger partial charge in [-0.05, 0) is 49.7 Å². The first-order valence-electron chi connectivity index (χ1n) is 7.35. The van der Waals surface area contributed by atoms with Gasteiger partial charge in [0.15, 0.2) is 0 Å². The Bertz CT molecular complexity index is 683. The zero-order valence-corrected chi connectivity index (χ0v) is 14.0. The SMILES string of the molecule is CCOC(=O)CSc1ccc(NC(=O)c2ccccc2C)cc1. The van der Waals surface area contributed by atoms with Crippen LogP contribution in [0.15, 0.2) is 53.4 Å². The molecule has 0 heterocycles. The molecule has 1 N–H and O–H groups in total. The van der Waals surface area contributed by atoms with E-state index < -0.39 is 0 Å². The Kier molecular flexibility index (Phi) is 6.23. The van der Waals surface area contributed by atoms with Crippen LogP contribution in [0.4, 0.5) is 5.69 Å². The maximum atomic E-state index is 12.2. The molecule has 0 radical (unpaired) electrons. The number of hydrogen-bond acceptors (Lipinski definition) is 4. The second kappa shape index (κ2) is 8.39. The second-order valence-electron chi connectivity index (χ2n) is 4.89. The van der Waals surface area contributed by atoms with Crippen LogP contribution in [0.2, 0.25) is 0 Å². The fraction of sp³-hybridized carbons (Fsp3) is 0.222.